The van der Waals surface area contributed by atoms with Crippen LogP contribution in [0.15, 0.2) is 18.2 Å². The predicted octanol–water partition coefficient (Wildman–Crippen LogP) is 1.76. The van der Waals surface area contributed by atoms with Gasteiger partial charge < -0.3 is 4.79 Å². The molecule has 0 saturated heterocycles. The fourth-order valence-electron chi connectivity index (χ4n) is 1.80. The summed E-state index contributed by atoms with van der Waals surface area (Å²) in [4.78, 5) is 21.6. The number of Topliss-reactive ketones (excluding diaryl/α,β-unsaturated/α-hetero) is 1. The average molecular weight is 198 g/mol. The molecule has 0 unspecified atom stereocenters. The van der Waals surface area contributed by atoms with Gasteiger partial charge in [0.1, 0.15) is 6.29 Å². The largest absolute Gasteiger partial charge is 0.302 e. The third kappa shape index (κ3) is 1.82. The van der Waals surface area contributed by atoms with Crippen LogP contribution in [0.1, 0.15) is 34.3 Å². The van der Waals surface area contributed by atoms with Gasteiger partial charge in [0.05, 0.1) is 6.42 Å². The molecule has 1 aliphatic carbocycles. The van der Waals surface area contributed by atoms with Crippen LogP contribution >= 0.6 is 0 Å². The van der Waals surface area contributed by atoms with Crippen molar-refractivity contribution in [3.05, 3.63) is 34.9 Å². The molecule has 1 aromatic rings. The maximum absolute atomic E-state index is 11.4. The lowest BCUT2D eigenvalue weighted by atomic mass is 10.0. The molecule has 1 aromatic carbocycles. The lowest BCUT2D eigenvalue weighted by Crippen LogP contribution is -1.92. The van der Waals surface area contributed by atoms with Crippen molar-refractivity contribution in [2.45, 2.75) is 19.3 Å². The first-order valence-electron chi connectivity index (χ1n) is 4.90. The monoisotopic (exact) mass is 198 g/mol. The minimum absolute atomic E-state index is 0.198. The van der Waals surface area contributed by atoms with E-state index in [1.54, 1.807) is 0 Å². The van der Waals surface area contributed by atoms with Gasteiger partial charge in [-0.1, -0.05) is 24.0 Å². The third-order valence-corrected chi connectivity index (χ3v) is 2.49. The van der Waals surface area contributed by atoms with Crippen LogP contribution in [0.4, 0.5) is 0 Å². The topological polar surface area (TPSA) is 34.1 Å². The van der Waals surface area contributed by atoms with E-state index in [1.165, 1.54) is 0 Å². The van der Waals surface area contributed by atoms with Gasteiger partial charge in [-0.25, -0.2) is 0 Å². The van der Waals surface area contributed by atoms with E-state index in [1.807, 2.05) is 18.2 Å². The number of ketones is 1. The van der Waals surface area contributed by atoms with Gasteiger partial charge in [0.15, 0.2) is 5.78 Å². The van der Waals surface area contributed by atoms with Crippen LogP contribution < -0.4 is 0 Å². The highest BCUT2D eigenvalue weighted by Crippen LogP contribution is 2.24. The Morgan fingerprint density at radius 1 is 1.33 bits per heavy atom. The summed E-state index contributed by atoms with van der Waals surface area (Å²) >= 11 is 0. The van der Waals surface area contributed by atoms with Gasteiger partial charge >= 0.3 is 0 Å². The molecule has 0 heterocycles. The Morgan fingerprint density at radius 3 is 3.00 bits per heavy atom. The molecule has 0 spiro atoms. The summed E-state index contributed by atoms with van der Waals surface area (Å²) < 4.78 is 0. The van der Waals surface area contributed by atoms with Gasteiger partial charge in [0, 0.05) is 17.5 Å². The van der Waals surface area contributed by atoms with Gasteiger partial charge in [-0.3, -0.25) is 4.79 Å². The number of benzene rings is 1. The molecule has 0 fully saturated rings. The number of aldehydes is 1. The summed E-state index contributed by atoms with van der Waals surface area (Å²) in [5, 5.41) is 0. The summed E-state index contributed by atoms with van der Waals surface area (Å²) in [6.07, 6.45) is 2.39. The molecule has 0 bridgehead atoms. The van der Waals surface area contributed by atoms with Crippen LogP contribution in [0.2, 0.25) is 0 Å². The number of hydrogen-bond acceptors (Lipinski definition) is 2. The number of rotatable bonds is 1. The van der Waals surface area contributed by atoms with Gasteiger partial charge in [0.25, 0.3) is 0 Å². The Labute approximate surface area is 88.3 Å². The molecular weight excluding hydrogens is 188 g/mol. The first kappa shape index (κ1) is 9.67. The average Bonchev–Trinajstić information content (AvgIpc) is 2.62. The summed E-state index contributed by atoms with van der Waals surface area (Å²) in [5.41, 5.74) is 2.73. The minimum Gasteiger partial charge on any atom is -0.302 e. The van der Waals surface area contributed by atoms with Crippen LogP contribution in [-0.4, -0.2) is 12.1 Å². The van der Waals surface area contributed by atoms with Crippen LogP contribution in [0.5, 0.6) is 0 Å². The summed E-state index contributed by atoms with van der Waals surface area (Å²) in [5.74, 6) is 5.90. The van der Waals surface area contributed by atoms with Crippen LogP contribution in [0.3, 0.4) is 0 Å². The SMILES string of the molecule is O=CCC#Cc1cccc2c1CCC2=O. The van der Waals surface area contributed by atoms with E-state index in [0.717, 1.165) is 29.4 Å². The predicted molar refractivity (Wildman–Crippen MR) is 56.7 cm³/mol. The number of carbonyl (C=O) groups is 2. The van der Waals surface area contributed by atoms with Crippen molar-refractivity contribution in [3.8, 4) is 11.8 Å². The fraction of sp³-hybridized carbons (Fsp3) is 0.231. The zero-order chi connectivity index (χ0) is 10.7. The van der Waals surface area contributed by atoms with Gasteiger partial charge in [-0.05, 0) is 18.1 Å². The molecule has 1 aliphatic rings. The molecule has 2 nitrogen and oxygen atoms in total. The van der Waals surface area contributed by atoms with Crippen molar-refractivity contribution in [1.29, 1.82) is 0 Å². The smallest absolute Gasteiger partial charge is 0.163 e. The van der Waals surface area contributed by atoms with Gasteiger partial charge in [0.2, 0.25) is 0 Å². The van der Waals surface area contributed by atoms with Crippen LogP contribution in [0, 0.1) is 11.8 Å². The van der Waals surface area contributed by atoms with Crippen molar-refractivity contribution in [1.82, 2.24) is 0 Å². The Bertz CT molecular complexity index is 475. The van der Waals surface area contributed by atoms with Gasteiger partial charge in [-0.2, -0.15) is 0 Å². The standard InChI is InChI=1S/C13H10O2/c14-9-2-1-4-10-5-3-6-12-11(10)7-8-13(12)15/h3,5-6,9H,2,7-8H2. The Balaban J connectivity index is 2.39. The van der Waals surface area contributed by atoms with Crippen molar-refractivity contribution in [3.63, 3.8) is 0 Å². The highest BCUT2D eigenvalue weighted by molar-refractivity contribution is 6.01. The van der Waals surface area contributed by atoms with E-state index >= 15 is 0 Å². The second-order valence-corrected chi connectivity index (χ2v) is 3.43. The zero-order valence-electron chi connectivity index (χ0n) is 8.25. The van der Waals surface area contributed by atoms with E-state index in [4.69, 9.17) is 0 Å². The van der Waals surface area contributed by atoms with Crippen LogP contribution in [-0.2, 0) is 11.2 Å². The maximum Gasteiger partial charge on any atom is 0.163 e. The van der Waals surface area contributed by atoms with Crippen molar-refractivity contribution < 1.29 is 9.59 Å². The van der Waals surface area contributed by atoms with E-state index < -0.39 is 0 Å². The molecular formula is C13H10O2. The van der Waals surface area contributed by atoms with E-state index in [-0.39, 0.29) is 12.2 Å². The number of fused-ring (bicyclic) bond motifs is 1. The minimum atomic E-state index is 0.198. The Hall–Kier alpha value is -1.88. The molecule has 0 amide bonds. The Kier molecular flexibility index (Phi) is 2.64. The highest BCUT2D eigenvalue weighted by atomic mass is 16.1. The van der Waals surface area contributed by atoms with Crippen molar-refractivity contribution >= 4 is 12.1 Å². The second-order valence-electron chi connectivity index (χ2n) is 3.43. The molecule has 0 radical (unpaired) electrons. The first-order chi connectivity index (χ1) is 7.33. The molecule has 0 saturated carbocycles. The second kappa shape index (κ2) is 4.10. The van der Waals surface area contributed by atoms with Crippen molar-refractivity contribution in [2.75, 3.05) is 0 Å². The molecule has 0 atom stereocenters. The summed E-state index contributed by atoms with van der Waals surface area (Å²) in [7, 11) is 0. The van der Waals surface area contributed by atoms with Crippen molar-refractivity contribution in [2.24, 2.45) is 0 Å². The lowest BCUT2D eigenvalue weighted by molar-refractivity contribution is -0.107. The maximum atomic E-state index is 11.4. The Morgan fingerprint density at radius 2 is 2.20 bits per heavy atom. The zero-order valence-corrected chi connectivity index (χ0v) is 8.25. The third-order valence-electron chi connectivity index (χ3n) is 2.49. The van der Waals surface area contributed by atoms with Crippen LogP contribution in [0.25, 0.3) is 0 Å². The number of carbonyl (C=O) groups excluding carboxylic acids is 2. The molecule has 0 aromatic heterocycles. The molecule has 0 N–H and O–H groups in total. The lowest BCUT2D eigenvalue weighted by Gasteiger charge is -1.99. The fourth-order valence-corrected chi connectivity index (χ4v) is 1.80. The quantitative estimate of drug-likeness (QED) is 0.509. The first-order valence-corrected chi connectivity index (χ1v) is 4.90. The molecule has 74 valence electrons. The molecule has 15 heavy (non-hydrogen) atoms. The molecule has 2 heteroatoms. The highest BCUT2D eigenvalue weighted by Gasteiger charge is 2.20. The molecule has 2 rings (SSSR count). The summed E-state index contributed by atoms with van der Waals surface area (Å²) in [6, 6.07) is 5.58. The van der Waals surface area contributed by atoms with E-state index in [0.29, 0.717) is 6.42 Å². The normalized spacial score (nSPS) is 12.9. The van der Waals surface area contributed by atoms with Gasteiger partial charge in [-0.15, -0.1) is 0 Å². The number of hydrogen-bond donors (Lipinski definition) is 0. The van der Waals surface area contributed by atoms with E-state index in [2.05, 4.69) is 11.8 Å². The molecule has 0 aliphatic heterocycles. The van der Waals surface area contributed by atoms with E-state index in [9.17, 15) is 9.59 Å². The summed E-state index contributed by atoms with van der Waals surface area (Å²) in [6.45, 7) is 0.